The van der Waals surface area contributed by atoms with E-state index in [-0.39, 0.29) is 17.6 Å². The predicted molar refractivity (Wildman–Crippen MR) is 165 cm³/mol. The highest BCUT2D eigenvalue weighted by Gasteiger charge is 2.22. The molecule has 0 spiro atoms. The monoisotopic (exact) mass is 574 g/mol. The number of H-pyrrole nitrogens is 2. The maximum atomic E-state index is 14.4. The lowest BCUT2D eigenvalue weighted by molar-refractivity contribution is -0.120. The lowest BCUT2D eigenvalue weighted by Crippen LogP contribution is -2.24. The Labute approximate surface area is 248 Å². The second-order valence-corrected chi connectivity index (χ2v) is 11.1. The molecule has 1 fully saturated rings. The Kier molecular flexibility index (Phi) is 7.06. The number of carbonyl (C=O) groups excluding carboxylic acids is 1. The fourth-order valence-corrected chi connectivity index (χ4v) is 6.09. The van der Waals surface area contributed by atoms with Crippen molar-refractivity contribution in [2.24, 2.45) is 5.92 Å². The van der Waals surface area contributed by atoms with Gasteiger partial charge < -0.3 is 15.0 Å². The number of pyridine rings is 2. The van der Waals surface area contributed by atoms with Crippen LogP contribution in [0.25, 0.3) is 39.1 Å². The van der Waals surface area contributed by atoms with Crippen molar-refractivity contribution >= 4 is 28.1 Å². The lowest BCUT2D eigenvalue weighted by atomic mass is 9.88. The normalized spacial score (nSPS) is 15.2. The van der Waals surface area contributed by atoms with Crippen molar-refractivity contribution in [2.75, 3.05) is 12.4 Å². The van der Waals surface area contributed by atoms with Gasteiger partial charge in [-0.1, -0.05) is 37.5 Å². The van der Waals surface area contributed by atoms with Gasteiger partial charge in [-0.2, -0.15) is 5.10 Å². The number of nitrogens with one attached hydrogen (secondary N) is 3. The van der Waals surface area contributed by atoms with Gasteiger partial charge in [0.1, 0.15) is 17.3 Å². The van der Waals surface area contributed by atoms with E-state index >= 15 is 0 Å². The number of benzene rings is 1. The van der Waals surface area contributed by atoms with Crippen molar-refractivity contribution in [1.29, 1.82) is 0 Å². The van der Waals surface area contributed by atoms with Crippen molar-refractivity contribution in [2.45, 2.75) is 38.5 Å². The van der Waals surface area contributed by atoms with Crippen LogP contribution in [0.4, 0.5) is 10.1 Å². The van der Waals surface area contributed by atoms with Gasteiger partial charge in [-0.3, -0.25) is 19.9 Å². The number of fused-ring (bicyclic) bond motifs is 2. The summed E-state index contributed by atoms with van der Waals surface area (Å²) in [4.78, 5) is 25.4. The van der Waals surface area contributed by atoms with Crippen LogP contribution in [0.2, 0.25) is 0 Å². The van der Waals surface area contributed by atoms with Crippen LogP contribution in [0.1, 0.15) is 48.9 Å². The van der Waals surface area contributed by atoms with E-state index in [9.17, 15) is 9.18 Å². The van der Waals surface area contributed by atoms with Gasteiger partial charge in [0, 0.05) is 46.8 Å². The zero-order valence-corrected chi connectivity index (χ0v) is 23.8. The summed E-state index contributed by atoms with van der Waals surface area (Å²) in [6, 6.07) is 10.7. The molecule has 7 rings (SSSR count). The standard InChI is InChI=1S/C34H31FN6O2/c1-43-25-13-21(11-23(35)14-25)26-9-5-6-10-29-27(26)15-31(39-29)33-28-16-30(37-19-32(28)40-41-33)22-12-24(18-36-17-22)38-34(42)20-7-3-2-4-8-20/h5-6,9,11-20,39H,2-4,7-8,10H2,1H3,(H,38,42)(H,40,41). The van der Waals surface area contributed by atoms with Crippen molar-refractivity contribution < 1.29 is 13.9 Å². The number of methoxy groups -OCH3 is 1. The Balaban J connectivity index is 1.21. The summed E-state index contributed by atoms with van der Waals surface area (Å²) in [7, 11) is 1.53. The van der Waals surface area contributed by atoms with Crippen molar-refractivity contribution in [3.63, 3.8) is 0 Å². The second-order valence-electron chi connectivity index (χ2n) is 11.1. The van der Waals surface area contributed by atoms with Crippen LogP contribution in [0.5, 0.6) is 5.75 Å². The minimum absolute atomic E-state index is 0.0603. The fraction of sp³-hybridized carbons (Fsp3) is 0.235. The quantitative estimate of drug-likeness (QED) is 0.198. The topological polar surface area (TPSA) is 109 Å². The van der Waals surface area contributed by atoms with Gasteiger partial charge in [-0.25, -0.2) is 4.39 Å². The van der Waals surface area contributed by atoms with Gasteiger partial charge in [0.2, 0.25) is 5.91 Å². The van der Waals surface area contributed by atoms with Crippen molar-refractivity contribution in [3.8, 4) is 28.4 Å². The van der Waals surface area contributed by atoms with Crippen LogP contribution < -0.4 is 10.1 Å². The number of hydrogen-bond donors (Lipinski definition) is 3. The first-order valence-electron chi connectivity index (χ1n) is 14.6. The molecule has 0 bridgehead atoms. The lowest BCUT2D eigenvalue weighted by Gasteiger charge is -2.20. The van der Waals surface area contributed by atoms with Gasteiger partial charge in [0.15, 0.2) is 0 Å². The molecule has 1 amide bonds. The van der Waals surface area contributed by atoms with Crippen LogP contribution in [0.3, 0.4) is 0 Å². The van der Waals surface area contributed by atoms with Crippen molar-refractivity contribution in [1.82, 2.24) is 25.1 Å². The summed E-state index contributed by atoms with van der Waals surface area (Å²) in [5.74, 6) is 0.230. The fourth-order valence-electron chi connectivity index (χ4n) is 6.09. The molecule has 2 aliphatic carbocycles. The Hall–Kier alpha value is -5.05. The molecule has 0 aliphatic heterocycles. The van der Waals surface area contributed by atoms with Gasteiger partial charge >= 0.3 is 0 Å². The molecule has 0 saturated heterocycles. The molecule has 4 heterocycles. The first kappa shape index (κ1) is 26.8. The molecule has 4 aromatic heterocycles. The van der Waals surface area contributed by atoms with E-state index in [2.05, 4.69) is 42.6 Å². The second kappa shape index (κ2) is 11.3. The number of allylic oxidation sites excluding steroid dienone is 3. The summed E-state index contributed by atoms with van der Waals surface area (Å²) in [6.45, 7) is 0. The molecule has 0 atom stereocenters. The average molecular weight is 575 g/mol. The molecule has 0 unspecified atom stereocenters. The van der Waals surface area contributed by atoms with Gasteiger partial charge in [-0.05, 0) is 54.3 Å². The summed E-state index contributed by atoms with van der Waals surface area (Å²) in [6.07, 6.45) is 17.2. The number of ether oxygens (including phenoxy) is 1. The molecular weight excluding hydrogens is 543 g/mol. The van der Waals surface area contributed by atoms with Crippen LogP contribution >= 0.6 is 0 Å². The molecular formula is C34H31FN6O2. The van der Waals surface area contributed by atoms with Crippen LogP contribution in [0.15, 0.2) is 73.2 Å². The third-order valence-electron chi connectivity index (χ3n) is 8.31. The molecule has 1 aromatic carbocycles. The highest BCUT2D eigenvalue weighted by molar-refractivity contribution is 5.96. The van der Waals surface area contributed by atoms with Gasteiger partial charge in [0.05, 0.1) is 42.1 Å². The Morgan fingerprint density at radius 1 is 1.02 bits per heavy atom. The highest BCUT2D eigenvalue weighted by atomic mass is 19.1. The zero-order valence-electron chi connectivity index (χ0n) is 23.8. The number of amides is 1. The van der Waals surface area contributed by atoms with Gasteiger partial charge in [0.25, 0.3) is 0 Å². The molecule has 5 aromatic rings. The number of aromatic amines is 2. The maximum Gasteiger partial charge on any atom is 0.227 e. The Morgan fingerprint density at radius 3 is 2.77 bits per heavy atom. The number of anilines is 1. The summed E-state index contributed by atoms with van der Waals surface area (Å²) < 4.78 is 19.7. The van der Waals surface area contributed by atoms with Gasteiger partial charge in [-0.15, -0.1) is 0 Å². The van der Waals surface area contributed by atoms with E-state index in [4.69, 9.17) is 4.74 Å². The highest BCUT2D eigenvalue weighted by Crippen LogP contribution is 2.36. The van der Waals surface area contributed by atoms with Crippen molar-refractivity contribution in [3.05, 3.63) is 95.9 Å². The Bertz CT molecular complexity index is 1900. The number of nitrogens with zero attached hydrogens (tertiary/aromatic N) is 3. The third kappa shape index (κ3) is 5.34. The van der Waals surface area contributed by atoms with E-state index in [1.165, 1.54) is 25.7 Å². The first-order chi connectivity index (χ1) is 21.1. The van der Waals surface area contributed by atoms with Crippen LogP contribution in [0, 0.1) is 11.7 Å². The third-order valence-corrected chi connectivity index (χ3v) is 8.31. The number of halogens is 1. The zero-order chi connectivity index (χ0) is 29.3. The number of hydrogen-bond acceptors (Lipinski definition) is 5. The van der Waals surface area contributed by atoms with E-state index < -0.39 is 0 Å². The molecule has 0 radical (unpaired) electrons. The summed E-state index contributed by atoms with van der Waals surface area (Å²) in [5, 5.41) is 11.7. The van der Waals surface area contributed by atoms with E-state index in [1.54, 1.807) is 18.6 Å². The number of aromatic nitrogens is 5. The maximum absolute atomic E-state index is 14.4. The Morgan fingerprint density at radius 2 is 1.91 bits per heavy atom. The summed E-state index contributed by atoms with van der Waals surface area (Å²) >= 11 is 0. The molecule has 2 aliphatic rings. The molecule has 8 nitrogen and oxygen atoms in total. The number of carbonyl (C=O) groups is 1. The van der Waals surface area contributed by atoms with E-state index in [1.807, 2.05) is 30.4 Å². The molecule has 1 saturated carbocycles. The SMILES string of the molecule is COc1cc(F)cc(C2=CC=CCc3[nH]c(-c4n[nH]c5cnc(-c6cncc(NC(=O)C7CCCCC7)c6)cc45)cc32)c1. The van der Waals surface area contributed by atoms with Crippen LogP contribution in [-0.2, 0) is 11.2 Å². The summed E-state index contributed by atoms with van der Waals surface area (Å²) in [5.41, 5.74) is 8.18. The van der Waals surface area contributed by atoms with E-state index in [0.717, 1.165) is 81.6 Å². The van der Waals surface area contributed by atoms with E-state index in [0.29, 0.717) is 17.9 Å². The number of rotatable bonds is 6. The smallest absolute Gasteiger partial charge is 0.227 e. The predicted octanol–water partition coefficient (Wildman–Crippen LogP) is 7.23. The molecule has 3 N–H and O–H groups in total. The molecule has 216 valence electrons. The largest absolute Gasteiger partial charge is 0.497 e. The van der Waals surface area contributed by atoms with Crippen LogP contribution in [-0.4, -0.2) is 38.2 Å². The molecule has 9 heteroatoms. The minimum Gasteiger partial charge on any atom is -0.497 e. The first-order valence-corrected chi connectivity index (χ1v) is 14.6. The molecule has 43 heavy (non-hydrogen) atoms. The average Bonchev–Trinajstić information content (AvgIpc) is 3.59. The minimum atomic E-state index is -0.355.